The lowest BCUT2D eigenvalue weighted by molar-refractivity contribution is 0.654. The summed E-state index contributed by atoms with van der Waals surface area (Å²) in [4.78, 5) is 0. The van der Waals surface area contributed by atoms with Crippen molar-refractivity contribution in [1.82, 2.24) is 13.4 Å². The highest BCUT2D eigenvalue weighted by atomic mass is 16.3. The molecule has 0 bridgehead atoms. The lowest BCUT2D eigenvalue weighted by Crippen LogP contribution is -2.00. The summed E-state index contributed by atoms with van der Waals surface area (Å²) in [6, 6.07) is 50.3. The molecule has 4 aromatic heterocycles. The lowest BCUT2D eigenvalue weighted by Gasteiger charge is -2.16. The van der Waals surface area contributed by atoms with E-state index in [0.717, 1.165) is 38.9 Å². The molecule has 0 N–H and O–H groups in total. The fraction of sp³-hybridized carbons (Fsp3) is 0. The van der Waals surface area contributed by atoms with Gasteiger partial charge in [0.1, 0.15) is 0 Å². The van der Waals surface area contributed by atoms with Crippen LogP contribution in [0.1, 0.15) is 0 Å². The van der Waals surface area contributed by atoms with Crippen LogP contribution < -0.4 is 0 Å². The third-order valence-corrected chi connectivity index (χ3v) is 9.57. The van der Waals surface area contributed by atoms with Crippen LogP contribution >= 0.6 is 0 Å². The van der Waals surface area contributed by atoms with Gasteiger partial charge in [0.15, 0.2) is 11.2 Å². The Labute approximate surface area is 250 Å². The molecule has 0 saturated heterocycles. The molecule has 44 heavy (non-hydrogen) atoms. The monoisotopic (exact) mass is 561 g/mol. The molecule has 0 radical (unpaired) electrons. The van der Waals surface area contributed by atoms with Gasteiger partial charge >= 0.3 is 0 Å². The predicted molar refractivity (Wildman–Crippen MR) is 182 cm³/mol. The average Bonchev–Trinajstić information content (AvgIpc) is 3.56. The molecule has 0 amide bonds. The van der Waals surface area contributed by atoms with Gasteiger partial charge in [-0.05, 0) is 47.9 Å². The van der Waals surface area contributed by atoms with E-state index in [-0.39, 0.29) is 0 Å². The van der Waals surface area contributed by atoms with Crippen molar-refractivity contribution < 1.29 is 4.42 Å². The first-order valence-corrected chi connectivity index (χ1v) is 15.0. The number of para-hydroxylation sites is 5. The van der Waals surface area contributed by atoms with E-state index in [0.29, 0.717) is 0 Å². The van der Waals surface area contributed by atoms with Crippen LogP contribution in [0.15, 0.2) is 144 Å². The molecule has 4 nitrogen and oxygen atoms in total. The summed E-state index contributed by atoms with van der Waals surface area (Å²) in [5.41, 5.74) is 12.0. The van der Waals surface area contributed by atoms with Gasteiger partial charge in [-0.15, -0.1) is 0 Å². The average molecular weight is 562 g/mol. The first-order chi connectivity index (χ1) is 21.8. The summed E-state index contributed by atoms with van der Waals surface area (Å²) in [6.07, 6.45) is 0. The Bertz CT molecular complexity index is 2980. The number of benzene rings is 7. The van der Waals surface area contributed by atoms with Gasteiger partial charge in [0.25, 0.3) is 0 Å². The quantitative estimate of drug-likeness (QED) is 0.183. The zero-order valence-corrected chi connectivity index (χ0v) is 23.5. The zero-order valence-electron chi connectivity index (χ0n) is 23.5. The molecule has 4 heterocycles. The van der Waals surface area contributed by atoms with Crippen LogP contribution in [0.3, 0.4) is 0 Å². The van der Waals surface area contributed by atoms with E-state index >= 15 is 0 Å². The number of rotatable bonds is 1. The molecule has 4 heteroatoms. The van der Waals surface area contributed by atoms with E-state index in [1.54, 1.807) is 0 Å². The lowest BCUT2D eigenvalue weighted by atomic mass is 10.0. The minimum absolute atomic E-state index is 0.836. The molecule has 11 rings (SSSR count). The topological polar surface area (TPSA) is 26.9 Å². The SMILES string of the molecule is c1ccc(-n2c3ccccc3oc3cc4c(cc32)n2c3ccccc3c3ccc5ccc6c7ccccc7n4c6c5c32)cc1. The Hall–Kier alpha value is -6.00. The third kappa shape index (κ3) is 2.65. The summed E-state index contributed by atoms with van der Waals surface area (Å²) in [7, 11) is 0. The van der Waals surface area contributed by atoms with Gasteiger partial charge < -0.3 is 17.8 Å². The second-order valence-corrected chi connectivity index (χ2v) is 11.8. The summed E-state index contributed by atoms with van der Waals surface area (Å²) >= 11 is 0. The molecule has 0 atom stereocenters. The summed E-state index contributed by atoms with van der Waals surface area (Å²) in [5, 5.41) is 7.57. The van der Waals surface area contributed by atoms with Crippen LogP contribution in [0.4, 0.5) is 0 Å². The van der Waals surface area contributed by atoms with E-state index in [2.05, 4.69) is 147 Å². The van der Waals surface area contributed by atoms with Crippen molar-refractivity contribution >= 4 is 87.6 Å². The highest BCUT2D eigenvalue weighted by molar-refractivity contribution is 6.29. The van der Waals surface area contributed by atoms with Crippen molar-refractivity contribution in [3.63, 3.8) is 0 Å². The molecule has 0 aliphatic carbocycles. The third-order valence-electron chi connectivity index (χ3n) is 9.57. The molecule has 0 aliphatic heterocycles. The van der Waals surface area contributed by atoms with Gasteiger partial charge in [-0.1, -0.05) is 91.0 Å². The summed E-state index contributed by atoms with van der Waals surface area (Å²) in [5.74, 6) is 0. The predicted octanol–water partition coefficient (Wildman–Crippen LogP) is 10.6. The normalized spacial score (nSPS) is 12.5. The van der Waals surface area contributed by atoms with Gasteiger partial charge in [-0.2, -0.15) is 0 Å². The van der Waals surface area contributed by atoms with Crippen molar-refractivity contribution in [2.45, 2.75) is 0 Å². The van der Waals surface area contributed by atoms with E-state index in [9.17, 15) is 0 Å². The van der Waals surface area contributed by atoms with Crippen molar-refractivity contribution in [3.05, 3.63) is 140 Å². The van der Waals surface area contributed by atoms with Crippen molar-refractivity contribution in [2.75, 3.05) is 0 Å². The minimum Gasteiger partial charge on any atom is -0.453 e. The van der Waals surface area contributed by atoms with E-state index < -0.39 is 0 Å². The Balaban J connectivity index is 1.53. The number of nitrogens with zero attached hydrogens (tertiary/aromatic N) is 3. The van der Waals surface area contributed by atoms with Crippen LogP contribution in [0, 0.1) is 0 Å². The van der Waals surface area contributed by atoms with Crippen molar-refractivity contribution in [2.24, 2.45) is 0 Å². The van der Waals surface area contributed by atoms with E-state index in [1.165, 1.54) is 54.4 Å². The number of aromatic nitrogens is 3. The Morgan fingerprint density at radius 2 is 0.955 bits per heavy atom. The first-order valence-electron chi connectivity index (χ1n) is 15.0. The van der Waals surface area contributed by atoms with Crippen LogP contribution in [0.5, 0.6) is 0 Å². The molecular weight excluding hydrogens is 538 g/mol. The maximum Gasteiger partial charge on any atom is 0.153 e. The fourth-order valence-corrected chi connectivity index (χ4v) is 7.81. The molecule has 0 saturated carbocycles. The van der Waals surface area contributed by atoms with Gasteiger partial charge in [0, 0.05) is 38.7 Å². The van der Waals surface area contributed by atoms with E-state index in [1.807, 2.05) is 6.07 Å². The molecule has 11 aromatic rings. The Morgan fingerprint density at radius 3 is 1.64 bits per heavy atom. The maximum atomic E-state index is 6.75. The number of hydrogen-bond donors (Lipinski definition) is 0. The number of fused-ring (bicyclic) bond motifs is 11. The summed E-state index contributed by atoms with van der Waals surface area (Å²) in [6.45, 7) is 0. The molecular formula is C40H23N3O. The van der Waals surface area contributed by atoms with Crippen LogP contribution in [0.2, 0.25) is 0 Å². The summed E-state index contributed by atoms with van der Waals surface area (Å²) < 4.78 is 14.0. The largest absolute Gasteiger partial charge is 0.453 e. The second-order valence-electron chi connectivity index (χ2n) is 11.8. The van der Waals surface area contributed by atoms with Gasteiger partial charge in [0.05, 0.1) is 44.1 Å². The number of hydrogen-bond acceptors (Lipinski definition) is 1. The molecule has 0 spiro atoms. The second kappa shape index (κ2) is 7.88. The smallest absolute Gasteiger partial charge is 0.153 e. The molecule has 0 unspecified atom stereocenters. The van der Waals surface area contributed by atoms with Crippen LogP contribution in [-0.4, -0.2) is 13.4 Å². The Kier molecular flexibility index (Phi) is 4.04. The zero-order chi connectivity index (χ0) is 28.5. The molecule has 0 fully saturated rings. The van der Waals surface area contributed by atoms with Gasteiger partial charge in [-0.25, -0.2) is 0 Å². The highest BCUT2D eigenvalue weighted by Crippen LogP contribution is 2.44. The van der Waals surface area contributed by atoms with Crippen molar-refractivity contribution in [3.8, 4) is 5.69 Å². The maximum absolute atomic E-state index is 6.75. The first kappa shape index (κ1) is 22.6. The molecule has 0 aliphatic rings. The minimum atomic E-state index is 0.836. The molecule has 204 valence electrons. The fourth-order valence-electron chi connectivity index (χ4n) is 7.81. The van der Waals surface area contributed by atoms with E-state index in [4.69, 9.17) is 4.42 Å². The van der Waals surface area contributed by atoms with Crippen molar-refractivity contribution in [1.29, 1.82) is 0 Å². The van der Waals surface area contributed by atoms with Crippen LogP contribution in [0.25, 0.3) is 93.3 Å². The standard InChI is InChI=1S/C40H23N3O/c1-2-10-25(11-3-1)41-32-16-8-9-17-36(32)44-37-23-34-33(22-35(37)41)42-30-14-6-4-12-26(30)28-20-18-24-19-21-29-27-13-5-7-15-31(27)43(34)40(29)38(24)39(28)42/h1-23H. The Morgan fingerprint density at radius 1 is 0.386 bits per heavy atom. The van der Waals surface area contributed by atoms with Gasteiger partial charge in [0.2, 0.25) is 0 Å². The van der Waals surface area contributed by atoms with Crippen LogP contribution in [-0.2, 0) is 0 Å². The highest BCUT2D eigenvalue weighted by Gasteiger charge is 2.22. The molecule has 7 aromatic carbocycles. The van der Waals surface area contributed by atoms with Gasteiger partial charge in [-0.3, -0.25) is 0 Å².